The number of aryl methyl sites for hydroxylation is 1. The summed E-state index contributed by atoms with van der Waals surface area (Å²) >= 11 is 0. The van der Waals surface area contributed by atoms with E-state index in [0.29, 0.717) is 0 Å². The number of hydrogen-bond acceptors (Lipinski definition) is 1. The van der Waals surface area contributed by atoms with E-state index in [2.05, 4.69) is 110 Å². The molecule has 1 heterocycles. The van der Waals surface area contributed by atoms with Crippen molar-refractivity contribution in [3.63, 3.8) is 0 Å². The molecule has 0 aliphatic rings. The fourth-order valence-corrected chi connectivity index (χ4v) is 4.26. The number of fused-ring (bicyclic) bond motifs is 1. The highest BCUT2D eigenvalue weighted by atomic mass is 16.3. The summed E-state index contributed by atoms with van der Waals surface area (Å²) in [6, 6.07) is 36.3. The van der Waals surface area contributed by atoms with Crippen LogP contribution in [0.2, 0.25) is 0 Å². The molecule has 33 heavy (non-hydrogen) atoms. The molecule has 0 amide bonds. The van der Waals surface area contributed by atoms with Crippen LogP contribution in [0, 0.1) is 0 Å². The van der Waals surface area contributed by atoms with Crippen LogP contribution in [0.5, 0.6) is 0 Å². The summed E-state index contributed by atoms with van der Waals surface area (Å²) < 4.78 is 6.17. The number of para-hydroxylation sites is 1. The minimum atomic E-state index is 0.942. The van der Waals surface area contributed by atoms with Gasteiger partial charge in [0.2, 0.25) is 0 Å². The molecule has 0 fully saturated rings. The molecule has 0 N–H and O–H groups in total. The van der Waals surface area contributed by atoms with E-state index in [1.165, 1.54) is 46.2 Å². The third kappa shape index (κ3) is 4.83. The van der Waals surface area contributed by atoms with Crippen LogP contribution in [0.3, 0.4) is 0 Å². The van der Waals surface area contributed by atoms with Gasteiger partial charge in [-0.05, 0) is 52.8 Å². The molecule has 5 rings (SSSR count). The first-order chi connectivity index (χ1) is 16.3. The molecule has 0 aliphatic heterocycles. The molecule has 1 nitrogen and oxygen atoms in total. The second kappa shape index (κ2) is 9.75. The van der Waals surface area contributed by atoms with Crippen LogP contribution in [-0.4, -0.2) is 0 Å². The van der Waals surface area contributed by atoms with E-state index < -0.39 is 0 Å². The van der Waals surface area contributed by atoms with Crippen LogP contribution >= 0.6 is 0 Å². The third-order valence-corrected chi connectivity index (χ3v) is 6.11. The van der Waals surface area contributed by atoms with Crippen molar-refractivity contribution in [3.8, 4) is 22.5 Å². The minimum Gasteiger partial charge on any atom is -0.456 e. The zero-order valence-electron chi connectivity index (χ0n) is 19.0. The van der Waals surface area contributed by atoms with Crippen LogP contribution in [-0.2, 0) is 6.42 Å². The van der Waals surface area contributed by atoms with Crippen molar-refractivity contribution in [2.45, 2.75) is 26.2 Å². The number of benzene rings is 4. The van der Waals surface area contributed by atoms with Gasteiger partial charge in [0.05, 0.1) is 0 Å². The van der Waals surface area contributed by atoms with E-state index >= 15 is 0 Å². The van der Waals surface area contributed by atoms with Crippen molar-refractivity contribution < 1.29 is 4.42 Å². The van der Waals surface area contributed by atoms with E-state index in [0.717, 1.165) is 23.2 Å². The summed E-state index contributed by atoms with van der Waals surface area (Å²) in [4.78, 5) is 0. The predicted octanol–water partition coefficient (Wildman–Crippen LogP) is 9.28. The van der Waals surface area contributed by atoms with Crippen LogP contribution < -0.4 is 0 Å². The fourth-order valence-electron chi connectivity index (χ4n) is 4.26. The van der Waals surface area contributed by atoms with Gasteiger partial charge in [0.1, 0.15) is 11.3 Å². The van der Waals surface area contributed by atoms with Crippen LogP contribution in [0.15, 0.2) is 108 Å². The second-order valence-electron chi connectivity index (χ2n) is 8.49. The Morgan fingerprint density at radius 2 is 1.36 bits per heavy atom. The number of furan rings is 1. The molecule has 0 spiro atoms. The molecule has 0 bridgehead atoms. The van der Waals surface area contributed by atoms with E-state index in [-0.39, 0.29) is 0 Å². The first-order valence-corrected chi connectivity index (χ1v) is 11.8. The van der Waals surface area contributed by atoms with Crippen LogP contribution in [0.25, 0.3) is 45.6 Å². The van der Waals surface area contributed by atoms with Crippen LogP contribution in [0.4, 0.5) is 0 Å². The van der Waals surface area contributed by atoms with Gasteiger partial charge in [0.15, 0.2) is 0 Å². The average molecular weight is 429 g/mol. The second-order valence-corrected chi connectivity index (χ2v) is 8.49. The molecule has 0 radical (unpaired) electrons. The third-order valence-electron chi connectivity index (χ3n) is 6.11. The summed E-state index contributed by atoms with van der Waals surface area (Å²) in [5.41, 5.74) is 8.39. The summed E-state index contributed by atoms with van der Waals surface area (Å²) in [6.07, 6.45) is 7.79. The van der Waals surface area contributed by atoms with Gasteiger partial charge in [0, 0.05) is 10.9 Å². The molecule has 5 aromatic rings. The van der Waals surface area contributed by atoms with Gasteiger partial charge in [-0.15, -0.1) is 0 Å². The van der Waals surface area contributed by atoms with Gasteiger partial charge in [-0.2, -0.15) is 0 Å². The first-order valence-electron chi connectivity index (χ1n) is 11.8. The Morgan fingerprint density at radius 1 is 0.667 bits per heavy atom. The minimum absolute atomic E-state index is 0.942. The Kier molecular flexibility index (Phi) is 6.21. The van der Waals surface area contributed by atoms with Crippen molar-refractivity contribution in [3.05, 3.63) is 120 Å². The standard InChI is InChI=1S/C32H28O/c1-2-3-9-28-22-25(18-21-30(28)32-23-29-12-7-8-13-31(29)33-32)15-14-24-16-19-27(20-17-24)26-10-5-4-6-11-26/h4-8,10-23H,2-3,9H2,1H3. The number of unbranched alkanes of at least 4 members (excludes halogenated alkanes) is 1. The lowest BCUT2D eigenvalue weighted by Crippen LogP contribution is -1.91. The summed E-state index contributed by atoms with van der Waals surface area (Å²) in [7, 11) is 0. The van der Waals surface area contributed by atoms with Gasteiger partial charge in [-0.1, -0.05) is 116 Å². The highest BCUT2D eigenvalue weighted by Crippen LogP contribution is 2.32. The lowest BCUT2D eigenvalue weighted by atomic mass is 9.97. The molecular formula is C32H28O. The smallest absolute Gasteiger partial charge is 0.135 e. The molecule has 0 saturated heterocycles. The highest BCUT2D eigenvalue weighted by Gasteiger charge is 2.11. The topological polar surface area (TPSA) is 13.1 Å². The first kappa shape index (κ1) is 21.0. The van der Waals surface area contributed by atoms with E-state index in [9.17, 15) is 0 Å². The Hall–Kier alpha value is -3.84. The molecule has 4 aromatic carbocycles. The summed E-state index contributed by atoms with van der Waals surface area (Å²) in [6.45, 7) is 2.24. The highest BCUT2D eigenvalue weighted by molar-refractivity contribution is 5.84. The van der Waals surface area contributed by atoms with Gasteiger partial charge in [-0.25, -0.2) is 0 Å². The monoisotopic (exact) mass is 428 g/mol. The zero-order valence-corrected chi connectivity index (χ0v) is 19.0. The SMILES string of the molecule is CCCCc1cc(C=Cc2ccc(-c3ccccc3)cc2)ccc1-c1cc2ccccc2o1. The van der Waals surface area contributed by atoms with Crippen molar-refractivity contribution >= 4 is 23.1 Å². The van der Waals surface area contributed by atoms with Gasteiger partial charge in [-0.3, -0.25) is 0 Å². The fraction of sp³-hybridized carbons (Fsp3) is 0.125. The molecular weight excluding hydrogens is 400 g/mol. The summed E-state index contributed by atoms with van der Waals surface area (Å²) in [5, 5.41) is 1.15. The lowest BCUT2D eigenvalue weighted by Gasteiger charge is -2.09. The van der Waals surface area contributed by atoms with Crippen molar-refractivity contribution in [1.29, 1.82) is 0 Å². The number of rotatable bonds is 7. The molecule has 162 valence electrons. The lowest BCUT2D eigenvalue weighted by molar-refractivity contribution is 0.630. The number of hydrogen-bond donors (Lipinski definition) is 0. The Bertz CT molecular complexity index is 1340. The van der Waals surface area contributed by atoms with Gasteiger partial charge >= 0.3 is 0 Å². The molecule has 1 aromatic heterocycles. The van der Waals surface area contributed by atoms with E-state index in [1.54, 1.807) is 0 Å². The van der Waals surface area contributed by atoms with Crippen molar-refractivity contribution in [2.24, 2.45) is 0 Å². The average Bonchev–Trinajstić information content (AvgIpc) is 3.31. The zero-order chi connectivity index (χ0) is 22.5. The quantitative estimate of drug-likeness (QED) is 0.235. The maximum atomic E-state index is 6.17. The molecule has 0 aliphatic carbocycles. The van der Waals surface area contributed by atoms with Crippen molar-refractivity contribution in [1.82, 2.24) is 0 Å². The Balaban J connectivity index is 1.40. The summed E-state index contributed by atoms with van der Waals surface area (Å²) in [5.74, 6) is 0.953. The van der Waals surface area contributed by atoms with E-state index in [1.807, 2.05) is 12.1 Å². The molecule has 0 atom stereocenters. The van der Waals surface area contributed by atoms with Gasteiger partial charge < -0.3 is 4.42 Å². The van der Waals surface area contributed by atoms with E-state index in [4.69, 9.17) is 4.42 Å². The Morgan fingerprint density at radius 3 is 2.15 bits per heavy atom. The van der Waals surface area contributed by atoms with Crippen molar-refractivity contribution in [2.75, 3.05) is 0 Å². The van der Waals surface area contributed by atoms with Gasteiger partial charge in [0.25, 0.3) is 0 Å². The Labute approximate surface area is 196 Å². The largest absolute Gasteiger partial charge is 0.456 e. The molecule has 0 saturated carbocycles. The molecule has 0 unspecified atom stereocenters. The predicted molar refractivity (Wildman–Crippen MR) is 141 cm³/mol. The molecule has 1 heteroatoms. The maximum Gasteiger partial charge on any atom is 0.135 e. The normalized spacial score (nSPS) is 11.4. The maximum absolute atomic E-state index is 6.17. The van der Waals surface area contributed by atoms with Crippen LogP contribution in [0.1, 0.15) is 36.5 Å².